The molecule has 1 atom stereocenters. The van der Waals surface area contributed by atoms with Gasteiger partial charge in [-0.1, -0.05) is 60.2 Å². The summed E-state index contributed by atoms with van der Waals surface area (Å²) in [6, 6.07) is 22.0. The van der Waals surface area contributed by atoms with Crippen LogP contribution in [0.2, 0.25) is 0 Å². The van der Waals surface area contributed by atoms with Gasteiger partial charge in [0.25, 0.3) is 0 Å². The second-order valence-corrected chi connectivity index (χ2v) is 11.0. The Morgan fingerprint density at radius 3 is 2.58 bits per heavy atom. The summed E-state index contributed by atoms with van der Waals surface area (Å²) in [5, 5.41) is 2.00. The number of methoxy groups -OCH3 is 1. The highest BCUT2D eigenvalue weighted by Gasteiger charge is 2.29. The Morgan fingerprint density at radius 2 is 1.79 bits per heavy atom. The van der Waals surface area contributed by atoms with Gasteiger partial charge in [-0.2, -0.15) is 4.31 Å². The molecule has 0 spiro atoms. The van der Waals surface area contributed by atoms with Crippen molar-refractivity contribution in [3.8, 4) is 0 Å². The van der Waals surface area contributed by atoms with Crippen molar-refractivity contribution in [2.45, 2.75) is 31.2 Å². The maximum absolute atomic E-state index is 13.7. The molecule has 176 valence electrons. The van der Waals surface area contributed by atoms with Gasteiger partial charge in [-0.15, -0.1) is 0 Å². The number of benzene rings is 3. The third-order valence-electron chi connectivity index (χ3n) is 6.46. The second-order valence-electron chi connectivity index (χ2n) is 9.10. The van der Waals surface area contributed by atoms with Crippen molar-refractivity contribution in [2.75, 3.05) is 39.9 Å². The Bertz CT molecular complexity index is 1160. The summed E-state index contributed by atoms with van der Waals surface area (Å²) in [6.07, 6.45) is 2.13. The van der Waals surface area contributed by atoms with Crippen molar-refractivity contribution in [1.29, 1.82) is 0 Å². The summed E-state index contributed by atoms with van der Waals surface area (Å²) in [6.45, 7) is 6.18. The Kier molecular flexibility index (Phi) is 7.81. The maximum atomic E-state index is 13.7. The van der Waals surface area contributed by atoms with Crippen LogP contribution >= 0.6 is 0 Å². The normalized spacial score (nSPS) is 17.6. The van der Waals surface area contributed by atoms with Crippen LogP contribution < -0.4 is 0 Å². The van der Waals surface area contributed by atoms with Crippen molar-refractivity contribution < 1.29 is 13.2 Å². The van der Waals surface area contributed by atoms with Crippen LogP contribution in [-0.4, -0.2) is 57.5 Å². The Labute approximate surface area is 198 Å². The average molecular weight is 467 g/mol. The van der Waals surface area contributed by atoms with Crippen LogP contribution in [0, 0.1) is 12.8 Å². The van der Waals surface area contributed by atoms with E-state index in [4.69, 9.17) is 4.74 Å². The SMILES string of the molecule is COCCN(CC1CCCN(Cc2ccccc2)C1)S(=O)(=O)c1ccc2cc(C)ccc2c1. The molecule has 5 nitrogen and oxygen atoms in total. The molecule has 1 aliphatic heterocycles. The van der Waals surface area contributed by atoms with E-state index in [2.05, 4.69) is 35.2 Å². The zero-order valence-corrected chi connectivity index (χ0v) is 20.4. The number of rotatable bonds is 9. The summed E-state index contributed by atoms with van der Waals surface area (Å²) in [4.78, 5) is 2.80. The molecule has 0 N–H and O–H groups in total. The molecule has 33 heavy (non-hydrogen) atoms. The lowest BCUT2D eigenvalue weighted by atomic mass is 9.97. The number of nitrogens with zero attached hydrogens (tertiary/aromatic N) is 2. The number of fused-ring (bicyclic) bond motifs is 1. The highest BCUT2D eigenvalue weighted by atomic mass is 32.2. The van der Waals surface area contributed by atoms with Crippen LogP contribution in [0.25, 0.3) is 10.8 Å². The summed E-state index contributed by atoms with van der Waals surface area (Å²) in [7, 11) is -2.00. The predicted octanol–water partition coefficient (Wildman–Crippen LogP) is 4.70. The molecular formula is C27H34N2O3S. The van der Waals surface area contributed by atoms with Crippen LogP contribution in [0.1, 0.15) is 24.0 Å². The van der Waals surface area contributed by atoms with Crippen molar-refractivity contribution in [3.63, 3.8) is 0 Å². The van der Waals surface area contributed by atoms with Crippen molar-refractivity contribution in [1.82, 2.24) is 9.21 Å². The minimum absolute atomic E-state index is 0.303. The third kappa shape index (κ3) is 6.01. The number of piperidine rings is 1. The van der Waals surface area contributed by atoms with Crippen molar-refractivity contribution >= 4 is 20.8 Å². The van der Waals surface area contributed by atoms with E-state index in [0.29, 0.717) is 30.5 Å². The first-order chi connectivity index (χ1) is 16.0. The van der Waals surface area contributed by atoms with E-state index in [1.165, 1.54) is 5.56 Å². The lowest BCUT2D eigenvalue weighted by Crippen LogP contribution is -2.43. The largest absolute Gasteiger partial charge is 0.383 e. The number of aryl methyl sites for hydroxylation is 1. The van der Waals surface area contributed by atoms with Gasteiger partial charge in [0, 0.05) is 33.3 Å². The standard InChI is InChI=1S/C27H34N2O3S/c1-22-10-11-26-18-27(13-12-25(26)17-22)33(30,31)29(15-16-32-2)21-24-9-6-14-28(20-24)19-23-7-4-3-5-8-23/h3-5,7-8,10-13,17-18,24H,6,9,14-16,19-21H2,1-2H3. The van der Waals surface area contributed by atoms with Crippen molar-refractivity contribution in [3.05, 3.63) is 77.9 Å². The molecule has 0 aromatic heterocycles. The van der Waals surface area contributed by atoms with Gasteiger partial charge in [0.05, 0.1) is 11.5 Å². The van der Waals surface area contributed by atoms with Gasteiger partial charge in [-0.05, 0) is 60.7 Å². The van der Waals surface area contributed by atoms with Gasteiger partial charge in [0.2, 0.25) is 10.0 Å². The molecule has 6 heteroatoms. The van der Waals surface area contributed by atoms with E-state index in [-0.39, 0.29) is 0 Å². The Hall–Kier alpha value is -2.25. The molecule has 1 saturated heterocycles. The molecule has 4 rings (SSSR count). The van der Waals surface area contributed by atoms with Crippen LogP contribution in [0.5, 0.6) is 0 Å². The number of sulfonamides is 1. The quantitative estimate of drug-likeness (QED) is 0.459. The molecule has 3 aromatic rings. The van der Waals surface area contributed by atoms with Gasteiger partial charge in [-0.3, -0.25) is 4.90 Å². The fraction of sp³-hybridized carbons (Fsp3) is 0.407. The molecule has 0 amide bonds. The molecule has 1 unspecified atom stereocenters. The van der Waals surface area contributed by atoms with E-state index in [9.17, 15) is 8.42 Å². The fourth-order valence-corrected chi connectivity index (χ4v) is 6.27. The fourth-order valence-electron chi connectivity index (χ4n) is 4.73. The zero-order valence-electron chi connectivity index (χ0n) is 19.6. The highest BCUT2D eigenvalue weighted by Crippen LogP contribution is 2.26. The van der Waals surface area contributed by atoms with E-state index >= 15 is 0 Å². The zero-order chi connectivity index (χ0) is 23.3. The maximum Gasteiger partial charge on any atom is 0.243 e. The lowest BCUT2D eigenvalue weighted by Gasteiger charge is -2.35. The molecule has 0 radical (unpaired) electrons. The number of likely N-dealkylation sites (tertiary alicyclic amines) is 1. The summed E-state index contributed by atoms with van der Waals surface area (Å²) < 4.78 is 34.2. The Balaban J connectivity index is 1.51. The van der Waals surface area contributed by atoms with E-state index in [0.717, 1.165) is 48.8 Å². The van der Waals surface area contributed by atoms with Crippen molar-refractivity contribution in [2.24, 2.45) is 5.92 Å². The summed E-state index contributed by atoms with van der Waals surface area (Å²) in [5.74, 6) is 0.303. The second kappa shape index (κ2) is 10.8. The number of ether oxygens (including phenoxy) is 1. The molecule has 1 aliphatic rings. The van der Waals surface area contributed by atoms with Crippen LogP contribution in [0.4, 0.5) is 0 Å². The molecule has 1 fully saturated rings. The van der Waals surface area contributed by atoms with E-state index < -0.39 is 10.0 Å². The molecule has 0 aliphatic carbocycles. The van der Waals surface area contributed by atoms with Gasteiger partial charge >= 0.3 is 0 Å². The first-order valence-corrected chi connectivity index (χ1v) is 13.2. The minimum atomic E-state index is -3.62. The van der Waals surface area contributed by atoms with E-state index in [1.54, 1.807) is 23.5 Å². The van der Waals surface area contributed by atoms with E-state index in [1.807, 2.05) is 31.2 Å². The molecule has 1 heterocycles. The van der Waals surface area contributed by atoms with Gasteiger partial charge < -0.3 is 4.74 Å². The highest BCUT2D eigenvalue weighted by molar-refractivity contribution is 7.89. The smallest absolute Gasteiger partial charge is 0.243 e. The molecular weight excluding hydrogens is 432 g/mol. The summed E-state index contributed by atoms with van der Waals surface area (Å²) >= 11 is 0. The summed E-state index contributed by atoms with van der Waals surface area (Å²) in [5.41, 5.74) is 2.46. The number of hydrogen-bond acceptors (Lipinski definition) is 4. The van der Waals surface area contributed by atoms with Crippen LogP contribution in [-0.2, 0) is 21.3 Å². The average Bonchev–Trinajstić information content (AvgIpc) is 2.82. The van der Waals surface area contributed by atoms with Gasteiger partial charge in [0.1, 0.15) is 0 Å². The molecule has 3 aromatic carbocycles. The molecule has 0 saturated carbocycles. The first kappa shape index (κ1) is 23.9. The first-order valence-electron chi connectivity index (χ1n) is 11.7. The molecule has 0 bridgehead atoms. The lowest BCUT2D eigenvalue weighted by molar-refractivity contribution is 0.135. The number of hydrogen-bond donors (Lipinski definition) is 0. The van der Waals surface area contributed by atoms with Gasteiger partial charge in [-0.25, -0.2) is 8.42 Å². The van der Waals surface area contributed by atoms with Gasteiger partial charge in [0.15, 0.2) is 0 Å². The minimum Gasteiger partial charge on any atom is -0.383 e. The predicted molar refractivity (Wildman–Crippen MR) is 134 cm³/mol. The Morgan fingerprint density at radius 1 is 1.03 bits per heavy atom. The van der Waals surface area contributed by atoms with Crippen LogP contribution in [0.15, 0.2) is 71.6 Å². The third-order valence-corrected chi connectivity index (χ3v) is 8.32. The monoisotopic (exact) mass is 466 g/mol. The van der Waals surface area contributed by atoms with Crippen LogP contribution in [0.3, 0.4) is 0 Å². The topological polar surface area (TPSA) is 49.9 Å².